The standard InChI is InChI=1S/C29H25F3N2O3.C25H19F3N2O3.C4H8O.C2H6O/c1-17(2)12-22-20-10-9-18(15-25(20)33-28(22)36)6-3-4-8-26(35)21-7-5-11-34(29(21)37)16-19-13-23(30)27(32)24(31)14-19;26-19-10-16(11-20(27)24(19)28)14-30-9-3-5-18(25(30)33)22(31)6-2-1-4-15-7-8-17-13-23(32)29-21(17)12-15;1-4(2)3-5;1-2-3/h3,5-7,9-15,17H,4,8,16H2,1-2H3,(H,33,36);1,3-5,7-12H,2,6,13-14H2,(H,29,32);3-4H,1-2H3;3H,2H2,1H3/b6-3+,22-12+;4-1+;;. The second-order valence-electron chi connectivity index (χ2n) is 18.6. The molecule has 4 aromatic carbocycles. The third-order valence-electron chi connectivity index (χ3n) is 11.5. The van der Waals surface area contributed by atoms with Gasteiger partial charge in [0.1, 0.15) is 6.29 Å². The summed E-state index contributed by atoms with van der Waals surface area (Å²) in [6.45, 7) is 9.24. The molecule has 3 N–H and O–H groups in total. The molecule has 78 heavy (non-hydrogen) atoms. The topological polar surface area (TPSA) is 174 Å². The highest BCUT2D eigenvalue weighted by molar-refractivity contribution is 6.31. The number of hydrogen-bond donors (Lipinski definition) is 3. The van der Waals surface area contributed by atoms with E-state index in [2.05, 4.69) is 10.6 Å². The third-order valence-corrected chi connectivity index (χ3v) is 11.5. The first kappa shape index (κ1) is 60.4. The monoisotopic (exact) mass is 1080 g/mol. The number of halogens is 6. The number of nitrogens with zero attached hydrogens (tertiary/aromatic N) is 2. The summed E-state index contributed by atoms with van der Waals surface area (Å²) in [5.74, 6) is -8.99. The summed E-state index contributed by atoms with van der Waals surface area (Å²) in [5, 5.41) is 13.2. The molecule has 0 spiro atoms. The van der Waals surface area contributed by atoms with Crippen LogP contribution in [-0.2, 0) is 33.9 Å². The fourth-order valence-electron chi connectivity index (χ4n) is 7.83. The molecular weight excluding hydrogens is 1020 g/mol. The zero-order valence-electron chi connectivity index (χ0n) is 43.5. The van der Waals surface area contributed by atoms with Crippen molar-refractivity contribution in [3.8, 4) is 0 Å². The Kier molecular flexibility index (Phi) is 22.1. The van der Waals surface area contributed by atoms with Gasteiger partial charge in [0.2, 0.25) is 5.91 Å². The molecule has 8 rings (SSSR count). The molecule has 0 bridgehead atoms. The molecule has 12 nitrogen and oxygen atoms in total. The van der Waals surface area contributed by atoms with Crippen LogP contribution in [0.15, 0.2) is 125 Å². The van der Waals surface area contributed by atoms with Crippen LogP contribution < -0.4 is 21.8 Å². The number of rotatable bonds is 16. The lowest BCUT2D eigenvalue weighted by Crippen LogP contribution is -2.26. The molecule has 2 aliphatic rings. The molecule has 0 aliphatic carbocycles. The maximum absolute atomic E-state index is 13.5. The highest BCUT2D eigenvalue weighted by atomic mass is 19.2. The molecule has 0 fully saturated rings. The van der Waals surface area contributed by atoms with Crippen molar-refractivity contribution < 1.29 is 55.4 Å². The number of benzene rings is 4. The minimum atomic E-state index is -1.58. The molecule has 0 saturated carbocycles. The Morgan fingerprint density at radius 1 is 0.628 bits per heavy atom. The maximum atomic E-state index is 13.5. The predicted molar refractivity (Wildman–Crippen MR) is 288 cm³/mol. The number of allylic oxidation sites excluding steroid dienone is 3. The number of ketones is 2. The molecule has 6 aromatic rings. The molecule has 2 aliphatic heterocycles. The van der Waals surface area contributed by atoms with E-state index >= 15 is 0 Å². The first-order valence-electron chi connectivity index (χ1n) is 24.9. The van der Waals surface area contributed by atoms with Crippen molar-refractivity contribution in [1.29, 1.82) is 0 Å². The van der Waals surface area contributed by atoms with E-state index in [1.54, 1.807) is 6.92 Å². The first-order valence-corrected chi connectivity index (χ1v) is 24.9. The van der Waals surface area contributed by atoms with Gasteiger partial charge in [0.25, 0.3) is 17.0 Å². The lowest BCUT2D eigenvalue weighted by atomic mass is 10.0. The molecule has 0 atom stereocenters. The van der Waals surface area contributed by atoms with Crippen LogP contribution in [0.4, 0.5) is 37.7 Å². The number of nitrogens with one attached hydrogen (secondary N) is 2. The number of aromatic nitrogens is 2. The van der Waals surface area contributed by atoms with Crippen LogP contribution in [0.25, 0.3) is 17.7 Å². The van der Waals surface area contributed by atoms with Gasteiger partial charge >= 0.3 is 0 Å². The summed E-state index contributed by atoms with van der Waals surface area (Å²) in [6, 6.07) is 20.3. The maximum Gasteiger partial charge on any atom is 0.261 e. The van der Waals surface area contributed by atoms with Gasteiger partial charge in [0.05, 0.1) is 30.6 Å². The van der Waals surface area contributed by atoms with Gasteiger partial charge in [-0.05, 0) is 114 Å². The smallest absolute Gasteiger partial charge is 0.261 e. The van der Waals surface area contributed by atoms with Crippen molar-refractivity contribution in [1.82, 2.24) is 9.13 Å². The number of aldehydes is 1. The van der Waals surface area contributed by atoms with Crippen LogP contribution in [0.5, 0.6) is 0 Å². The first-order chi connectivity index (χ1) is 37.1. The number of fused-ring (bicyclic) bond motifs is 2. The van der Waals surface area contributed by atoms with E-state index in [1.165, 1.54) is 36.7 Å². The zero-order valence-corrected chi connectivity index (χ0v) is 43.5. The summed E-state index contributed by atoms with van der Waals surface area (Å²) in [7, 11) is 0. The van der Waals surface area contributed by atoms with Crippen LogP contribution in [0.2, 0.25) is 0 Å². The van der Waals surface area contributed by atoms with Crippen LogP contribution in [0.3, 0.4) is 0 Å². The SMILES string of the molecule is CC(C)/C=C1/C(=O)Nc2cc(/C=C/CCC(=O)c3cccn(Cc4cc(F)c(F)c(F)c4)c3=O)ccc21.CC(C)C=O.CCO.O=C1Cc2ccc(/C=C/CCC(=O)c3cccn(Cc4cc(F)c(F)c(F)c4)c3=O)cc2N1. The highest BCUT2D eigenvalue weighted by Gasteiger charge is 2.24. The normalized spacial score (nSPS) is 12.8. The van der Waals surface area contributed by atoms with Crippen LogP contribution in [-0.4, -0.2) is 50.5 Å². The average Bonchev–Trinajstić information content (AvgIpc) is 3.95. The van der Waals surface area contributed by atoms with Crippen molar-refractivity contribution in [2.24, 2.45) is 11.8 Å². The molecule has 18 heteroatoms. The Morgan fingerprint density at radius 3 is 1.50 bits per heavy atom. The Hall–Kier alpha value is -8.51. The van der Waals surface area contributed by atoms with E-state index in [4.69, 9.17) is 5.11 Å². The summed E-state index contributed by atoms with van der Waals surface area (Å²) in [4.78, 5) is 83.8. The quantitative estimate of drug-likeness (QED) is 0.0282. The molecule has 0 unspecified atom stereocenters. The molecule has 2 amide bonds. The lowest BCUT2D eigenvalue weighted by molar-refractivity contribution is -0.115. The van der Waals surface area contributed by atoms with E-state index in [1.807, 2.05) is 94.5 Å². The van der Waals surface area contributed by atoms with Crippen molar-refractivity contribution in [2.75, 3.05) is 17.2 Å². The number of pyridine rings is 2. The Morgan fingerprint density at radius 2 is 1.06 bits per heavy atom. The van der Waals surface area contributed by atoms with Gasteiger partial charge in [-0.15, -0.1) is 0 Å². The van der Waals surface area contributed by atoms with Crippen LogP contribution >= 0.6 is 0 Å². The van der Waals surface area contributed by atoms with Gasteiger partial charge < -0.3 is 29.7 Å². The van der Waals surface area contributed by atoms with Crippen molar-refractivity contribution in [3.63, 3.8) is 0 Å². The van der Waals surface area contributed by atoms with E-state index in [0.29, 0.717) is 24.8 Å². The molecule has 408 valence electrons. The zero-order chi connectivity index (χ0) is 57.2. The summed E-state index contributed by atoms with van der Waals surface area (Å²) in [5.41, 5.74) is 4.58. The number of amides is 2. The number of carbonyl (C=O) groups is 5. The number of hydrogen-bond acceptors (Lipinski definition) is 8. The summed E-state index contributed by atoms with van der Waals surface area (Å²) >= 11 is 0. The molecule has 0 radical (unpaired) electrons. The molecule has 4 heterocycles. The number of aliphatic hydroxyl groups excluding tert-OH is 1. The van der Waals surface area contributed by atoms with Gasteiger partial charge in [-0.25, -0.2) is 26.3 Å². The van der Waals surface area contributed by atoms with Crippen molar-refractivity contribution >= 4 is 58.8 Å². The second-order valence-corrected chi connectivity index (χ2v) is 18.6. The minimum absolute atomic E-state index is 0.0331. The summed E-state index contributed by atoms with van der Waals surface area (Å²) < 4.78 is 82.5. The fraction of sp³-hybridized carbons (Fsp3) is 0.250. The van der Waals surface area contributed by atoms with Crippen molar-refractivity contribution in [2.45, 2.75) is 79.8 Å². The van der Waals surface area contributed by atoms with Gasteiger partial charge in [-0.3, -0.25) is 28.8 Å². The van der Waals surface area contributed by atoms with Crippen LogP contribution in [0, 0.1) is 46.7 Å². The van der Waals surface area contributed by atoms with E-state index in [-0.39, 0.29) is 90.0 Å². The van der Waals surface area contributed by atoms with E-state index < -0.39 is 46.0 Å². The van der Waals surface area contributed by atoms with Gasteiger partial charge in [0, 0.05) is 60.3 Å². The van der Waals surface area contributed by atoms with E-state index in [0.717, 1.165) is 73.3 Å². The molecular formula is C60H58F6N4O8. The van der Waals surface area contributed by atoms with Gasteiger partial charge in [-0.2, -0.15) is 0 Å². The van der Waals surface area contributed by atoms with Crippen molar-refractivity contribution in [3.05, 3.63) is 216 Å². The van der Waals surface area contributed by atoms with Crippen LogP contribution in [0.1, 0.15) is 114 Å². The molecule has 0 saturated heterocycles. The Balaban J connectivity index is 0.000000254. The molecule has 2 aromatic heterocycles. The average molecular weight is 1080 g/mol. The lowest BCUT2D eigenvalue weighted by Gasteiger charge is -2.08. The second kappa shape index (κ2) is 28.6. The third kappa shape index (κ3) is 16.7. The number of aliphatic hydroxyl groups is 1. The minimum Gasteiger partial charge on any atom is -0.397 e. The Labute approximate surface area is 446 Å². The predicted octanol–water partition coefficient (Wildman–Crippen LogP) is 11.3. The number of Topliss-reactive ketones (excluding diaryl/α,β-unsaturated/α-hetero) is 2. The number of carbonyl (C=O) groups excluding carboxylic acids is 5. The summed E-state index contributed by atoms with van der Waals surface area (Å²) in [6.07, 6.45) is 14.2. The number of anilines is 2. The van der Waals surface area contributed by atoms with Gasteiger partial charge in [-0.1, -0.05) is 82.3 Å². The fourth-order valence-corrected chi connectivity index (χ4v) is 7.83. The Bertz CT molecular complexity index is 3370. The van der Waals surface area contributed by atoms with Gasteiger partial charge in [0.15, 0.2) is 46.5 Å². The van der Waals surface area contributed by atoms with E-state index in [9.17, 15) is 59.9 Å². The largest absolute Gasteiger partial charge is 0.397 e. The highest BCUT2D eigenvalue weighted by Crippen LogP contribution is 2.34.